The molecule has 0 aliphatic carbocycles. The summed E-state index contributed by atoms with van der Waals surface area (Å²) in [6.45, 7) is 8.64. The van der Waals surface area contributed by atoms with E-state index in [0.717, 1.165) is 78.0 Å². The highest BCUT2D eigenvalue weighted by Gasteiger charge is 2.39. The lowest BCUT2D eigenvalue weighted by Gasteiger charge is -2.29. The number of alkyl carbamates (subject to hydrolysis) is 1. The highest BCUT2D eigenvalue weighted by atomic mass is 16.5. The van der Waals surface area contributed by atoms with Gasteiger partial charge in [0.05, 0.1) is 30.2 Å². The second-order valence-electron chi connectivity index (χ2n) is 14.8. The van der Waals surface area contributed by atoms with Gasteiger partial charge >= 0.3 is 12.2 Å². The molecule has 53 heavy (non-hydrogen) atoms. The minimum atomic E-state index is -1.20. The predicted octanol–water partition coefficient (Wildman–Crippen LogP) is 5.74. The van der Waals surface area contributed by atoms with Gasteiger partial charge in [0.1, 0.15) is 23.7 Å². The maximum atomic E-state index is 13.6. The van der Waals surface area contributed by atoms with Gasteiger partial charge in [-0.25, -0.2) is 19.6 Å². The third kappa shape index (κ3) is 8.31. The van der Waals surface area contributed by atoms with Crippen molar-refractivity contribution in [2.75, 3.05) is 20.2 Å². The molecule has 6 rings (SSSR count). The van der Waals surface area contributed by atoms with Crippen LogP contribution in [0, 0.1) is 11.8 Å². The quantitative estimate of drug-likeness (QED) is 0.122. The highest BCUT2D eigenvalue weighted by molar-refractivity contribution is 5.87. The zero-order valence-electron chi connectivity index (χ0n) is 31.0. The largest absolute Gasteiger partial charge is 0.465 e. The highest BCUT2D eigenvalue weighted by Crippen LogP contribution is 2.34. The van der Waals surface area contributed by atoms with Crippen LogP contribution < -0.4 is 10.6 Å². The fourth-order valence-electron chi connectivity index (χ4n) is 7.52. The Kier molecular flexibility index (Phi) is 11.3. The van der Waals surface area contributed by atoms with E-state index < -0.39 is 24.3 Å². The van der Waals surface area contributed by atoms with E-state index in [1.807, 2.05) is 44.9 Å². The summed E-state index contributed by atoms with van der Waals surface area (Å²) in [5.41, 5.74) is 6.00. The van der Waals surface area contributed by atoms with Gasteiger partial charge in [0, 0.05) is 25.0 Å². The van der Waals surface area contributed by atoms with Crippen LogP contribution in [0.3, 0.4) is 0 Å². The van der Waals surface area contributed by atoms with Gasteiger partial charge in [-0.3, -0.25) is 9.59 Å². The van der Waals surface area contributed by atoms with E-state index in [4.69, 9.17) is 9.72 Å². The Morgan fingerprint density at radius 3 is 2.04 bits per heavy atom. The lowest BCUT2D eigenvalue weighted by atomic mass is 10.0. The van der Waals surface area contributed by atoms with Crippen molar-refractivity contribution in [3.8, 4) is 11.1 Å². The number of hydrogen-bond acceptors (Lipinski definition) is 7. The number of aromatic nitrogens is 4. The molecule has 2 fully saturated rings. The Bertz CT molecular complexity index is 1940. The summed E-state index contributed by atoms with van der Waals surface area (Å²) in [5, 5.41) is 14.3. The van der Waals surface area contributed by atoms with Crippen molar-refractivity contribution in [2.45, 2.75) is 90.4 Å². The van der Waals surface area contributed by atoms with Gasteiger partial charge in [0.25, 0.3) is 0 Å². The first-order valence-corrected chi connectivity index (χ1v) is 18.5. The number of fused-ring (bicyclic) bond motifs is 1. The van der Waals surface area contributed by atoms with Gasteiger partial charge in [-0.15, -0.1) is 0 Å². The number of carbonyl (C=O) groups excluding carboxylic acids is 3. The summed E-state index contributed by atoms with van der Waals surface area (Å²) in [7, 11) is 1.29. The number of rotatable bonds is 12. The molecule has 4 amide bonds. The van der Waals surface area contributed by atoms with E-state index in [0.29, 0.717) is 13.1 Å². The molecule has 0 spiro atoms. The Labute approximate surface area is 309 Å². The number of amides is 4. The van der Waals surface area contributed by atoms with Gasteiger partial charge < -0.3 is 40.2 Å². The van der Waals surface area contributed by atoms with Crippen LogP contribution in [0.25, 0.3) is 22.2 Å². The Hall–Kier alpha value is -5.40. The number of nitrogens with one attached hydrogen (secondary N) is 4. The van der Waals surface area contributed by atoms with Crippen molar-refractivity contribution < 1.29 is 29.0 Å². The van der Waals surface area contributed by atoms with Gasteiger partial charge in [0.15, 0.2) is 0 Å². The molecule has 14 heteroatoms. The molecule has 2 aromatic carbocycles. The lowest BCUT2D eigenvalue weighted by molar-refractivity contribution is -0.136. The first kappa shape index (κ1) is 37.4. The van der Waals surface area contributed by atoms with Crippen LogP contribution in [0.4, 0.5) is 9.59 Å². The number of carbonyl (C=O) groups is 4. The van der Waals surface area contributed by atoms with Crippen molar-refractivity contribution in [1.29, 1.82) is 0 Å². The molecular formula is C39H50N8O6. The number of H-pyrrole nitrogens is 2. The van der Waals surface area contributed by atoms with E-state index in [9.17, 15) is 24.3 Å². The number of hydrogen-bond donors (Lipinski definition) is 5. The maximum absolute atomic E-state index is 13.6. The molecule has 282 valence electrons. The Morgan fingerprint density at radius 1 is 0.830 bits per heavy atom. The number of likely N-dealkylation sites (tertiary alicyclic amines) is 2. The lowest BCUT2D eigenvalue weighted by Crippen LogP contribution is -2.51. The number of carboxylic acid groups (broad SMARTS) is 1. The van der Waals surface area contributed by atoms with Crippen LogP contribution in [0.2, 0.25) is 0 Å². The van der Waals surface area contributed by atoms with Crippen LogP contribution in [0.1, 0.15) is 88.4 Å². The Morgan fingerprint density at radius 2 is 1.43 bits per heavy atom. The van der Waals surface area contributed by atoms with Crippen molar-refractivity contribution in [1.82, 2.24) is 40.4 Å². The molecule has 5 N–H and O–H groups in total. The monoisotopic (exact) mass is 726 g/mol. The van der Waals surface area contributed by atoms with Crippen molar-refractivity contribution in [3.63, 3.8) is 0 Å². The van der Waals surface area contributed by atoms with Crippen LogP contribution >= 0.6 is 0 Å². The zero-order chi connectivity index (χ0) is 37.8. The van der Waals surface area contributed by atoms with E-state index in [-0.39, 0.29) is 35.7 Å². The molecule has 2 saturated heterocycles. The number of methoxy groups -OCH3 is 1. The van der Waals surface area contributed by atoms with Crippen molar-refractivity contribution in [2.24, 2.45) is 11.8 Å². The number of aromatic amines is 2. The average Bonchev–Trinajstić information content (AvgIpc) is 3.97. The molecule has 2 aliphatic heterocycles. The molecule has 0 saturated carbocycles. The third-order valence-electron chi connectivity index (χ3n) is 10.4. The third-order valence-corrected chi connectivity index (χ3v) is 10.4. The van der Waals surface area contributed by atoms with Gasteiger partial charge in [-0.2, -0.15) is 0 Å². The average molecular weight is 727 g/mol. The summed E-state index contributed by atoms with van der Waals surface area (Å²) in [5.74, 6) is 0.846. The molecule has 4 aromatic rings. The SMILES string of the molecule is COC(=O)N[C@H](C(=O)N1CCCC1c1nc2ccc(-c3ccc(CCc4cnc([C@@H]5CCCN5C(=O)[C@@H](NC(=O)O)C(C)C)[nH]4)cc3)cc2[nH]1)C(C)C. The van der Waals surface area contributed by atoms with Crippen LogP contribution in [-0.4, -0.2) is 91.1 Å². The zero-order valence-corrected chi connectivity index (χ0v) is 31.0. The number of nitrogens with zero attached hydrogens (tertiary/aromatic N) is 4. The standard InChI is InChI=1S/C39H50N8O6/c1-22(2)32(44-38(50)51)36(48)46-18-6-8-30(46)34-40-21-27(41-34)16-12-24-10-13-25(14-11-24)26-15-17-28-29(20-26)43-35(42-28)31-9-7-19-47(31)37(49)33(23(3)4)45-39(52)53-5/h10-11,13-15,17,20-23,30-33,44H,6-9,12,16,18-19H2,1-5H3,(H,40,41)(H,42,43)(H,45,52)(H,50,51)/t30-,31?,32-,33-/m0/s1. The fraction of sp³-hybridized carbons (Fsp3) is 0.487. The second kappa shape index (κ2) is 16.1. The van der Waals surface area contributed by atoms with Gasteiger partial charge in [0.2, 0.25) is 11.8 Å². The van der Waals surface area contributed by atoms with E-state index in [1.54, 1.807) is 4.90 Å². The first-order chi connectivity index (χ1) is 25.4. The van der Waals surface area contributed by atoms with Gasteiger partial charge in [-0.1, -0.05) is 58.0 Å². The van der Waals surface area contributed by atoms with E-state index in [2.05, 4.69) is 62.0 Å². The van der Waals surface area contributed by atoms with Crippen LogP contribution in [0.5, 0.6) is 0 Å². The smallest absolute Gasteiger partial charge is 0.407 e. The van der Waals surface area contributed by atoms with Crippen LogP contribution in [0.15, 0.2) is 48.7 Å². The number of imidazole rings is 2. The molecule has 0 bridgehead atoms. The summed E-state index contributed by atoms with van der Waals surface area (Å²) in [6, 6.07) is 12.7. The number of aryl methyl sites for hydroxylation is 2. The fourth-order valence-corrected chi connectivity index (χ4v) is 7.52. The Balaban J connectivity index is 1.08. The topological polar surface area (TPSA) is 186 Å². The number of benzene rings is 2. The molecule has 1 unspecified atom stereocenters. The summed E-state index contributed by atoms with van der Waals surface area (Å²) < 4.78 is 4.76. The van der Waals surface area contributed by atoms with Gasteiger partial charge in [-0.05, 0) is 79.2 Å². The van der Waals surface area contributed by atoms with Crippen LogP contribution in [-0.2, 0) is 27.2 Å². The van der Waals surface area contributed by atoms with Crippen molar-refractivity contribution in [3.05, 3.63) is 71.6 Å². The molecule has 14 nitrogen and oxygen atoms in total. The maximum Gasteiger partial charge on any atom is 0.407 e. The summed E-state index contributed by atoms with van der Waals surface area (Å²) >= 11 is 0. The molecule has 4 heterocycles. The first-order valence-electron chi connectivity index (χ1n) is 18.5. The second-order valence-corrected chi connectivity index (χ2v) is 14.8. The molecule has 0 radical (unpaired) electrons. The summed E-state index contributed by atoms with van der Waals surface area (Å²) in [4.78, 5) is 70.1. The van der Waals surface area contributed by atoms with Crippen molar-refractivity contribution >= 4 is 35.0 Å². The molecular weight excluding hydrogens is 676 g/mol. The number of ether oxygens (including phenoxy) is 1. The molecule has 4 atom stereocenters. The predicted molar refractivity (Wildman–Crippen MR) is 199 cm³/mol. The molecule has 2 aliphatic rings. The normalized spacial score (nSPS) is 18.5. The summed E-state index contributed by atoms with van der Waals surface area (Å²) in [6.07, 6.45) is 4.80. The minimum absolute atomic E-state index is 0.104. The van der Waals surface area contributed by atoms with E-state index in [1.165, 1.54) is 12.7 Å². The molecule has 2 aromatic heterocycles. The minimum Gasteiger partial charge on any atom is -0.465 e. The van der Waals surface area contributed by atoms with E-state index >= 15 is 0 Å².